The summed E-state index contributed by atoms with van der Waals surface area (Å²) in [5.41, 5.74) is 0.961. The van der Waals surface area contributed by atoms with Gasteiger partial charge in [-0.15, -0.1) is 0 Å². The summed E-state index contributed by atoms with van der Waals surface area (Å²) in [6, 6.07) is 5.77. The lowest BCUT2D eigenvalue weighted by Crippen LogP contribution is -2.37. The molecule has 0 aromatic heterocycles. The van der Waals surface area contributed by atoms with E-state index in [4.69, 9.17) is 18.9 Å². The standard InChI is InChI=1S/C19H27NO5/c1-22-17-8-4-6-15-12-20(9-5-11-25-19(15)17)18(21)14-23-13-16-7-2-3-10-24-16/h4,6,8,16H,2-3,5,7,9-14H2,1H3/t16-/m0/s1. The van der Waals surface area contributed by atoms with Crippen LogP contribution in [0.2, 0.25) is 0 Å². The van der Waals surface area contributed by atoms with E-state index < -0.39 is 0 Å². The molecule has 0 spiro atoms. The van der Waals surface area contributed by atoms with Gasteiger partial charge in [-0.2, -0.15) is 0 Å². The van der Waals surface area contributed by atoms with Crippen molar-refractivity contribution in [2.24, 2.45) is 0 Å². The van der Waals surface area contributed by atoms with E-state index in [1.807, 2.05) is 23.1 Å². The van der Waals surface area contributed by atoms with Crippen molar-refractivity contribution in [3.05, 3.63) is 23.8 Å². The molecule has 0 bridgehead atoms. The lowest BCUT2D eigenvalue weighted by atomic mass is 10.1. The number of ether oxygens (including phenoxy) is 4. The Morgan fingerprint density at radius 3 is 3.00 bits per heavy atom. The number of para-hydroxylation sites is 1. The molecule has 1 fully saturated rings. The Bertz CT molecular complexity index is 571. The predicted octanol–water partition coefficient (Wildman–Crippen LogP) is 2.39. The molecule has 1 atom stereocenters. The normalized spacial score (nSPS) is 20.8. The number of amides is 1. The molecule has 1 amide bonds. The zero-order chi connectivity index (χ0) is 17.5. The molecule has 6 heteroatoms. The van der Waals surface area contributed by atoms with Gasteiger partial charge < -0.3 is 23.8 Å². The Balaban J connectivity index is 1.56. The minimum atomic E-state index is 0.00600. The van der Waals surface area contributed by atoms with Gasteiger partial charge in [0.15, 0.2) is 11.5 Å². The van der Waals surface area contributed by atoms with E-state index in [2.05, 4.69) is 0 Å². The Morgan fingerprint density at radius 2 is 2.20 bits per heavy atom. The third-order valence-electron chi connectivity index (χ3n) is 4.62. The van der Waals surface area contributed by atoms with Gasteiger partial charge in [0, 0.05) is 25.3 Å². The number of nitrogens with zero attached hydrogens (tertiary/aromatic N) is 1. The van der Waals surface area contributed by atoms with Gasteiger partial charge in [0.1, 0.15) is 6.61 Å². The summed E-state index contributed by atoms with van der Waals surface area (Å²) in [5, 5.41) is 0. The molecule has 0 N–H and O–H groups in total. The average Bonchev–Trinajstić information content (AvgIpc) is 2.62. The minimum Gasteiger partial charge on any atom is -0.493 e. The maximum atomic E-state index is 12.6. The van der Waals surface area contributed by atoms with Gasteiger partial charge in [0.25, 0.3) is 0 Å². The summed E-state index contributed by atoms with van der Waals surface area (Å²) in [7, 11) is 1.63. The van der Waals surface area contributed by atoms with Gasteiger partial charge in [-0.3, -0.25) is 4.79 Å². The van der Waals surface area contributed by atoms with E-state index in [-0.39, 0.29) is 18.6 Å². The molecule has 25 heavy (non-hydrogen) atoms. The van der Waals surface area contributed by atoms with E-state index in [9.17, 15) is 4.79 Å². The van der Waals surface area contributed by atoms with Crippen molar-refractivity contribution in [1.29, 1.82) is 0 Å². The summed E-state index contributed by atoms with van der Waals surface area (Å²) < 4.78 is 22.5. The Kier molecular flexibility index (Phi) is 6.53. The quantitative estimate of drug-likeness (QED) is 0.817. The van der Waals surface area contributed by atoms with Crippen LogP contribution in [0.4, 0.5) is 0 Å². The average molecular weight is 349 g/mol. The number of carbonyl (C=O) groups excluding carboxylic acids is 1. The van der Waals surface area contributed by atoms with Crippen molar-refractivity contribution in [2.75, 3.05) is 40.1 Å². The molecule has 138 valence electrons. The highest BCUT2D eigenvalue weighted by atomic mass is 16.5. The number of rotatable bonds is 5. The monoisotopic (exact) mass is 349 g/mol. The van der Waals surface area contributed by atoms with Crippen LogP contribution < -0.4 is 9.47 Å². The first-order valence-electron chi connectivity index (χ1n) is 9.03. The predicted molar refractivity (Wildman–Crippen MR) is 92.9 cm³/mol. The highest BCUT2D eigenvalue weighted by molar-refractivity contribution is 5.77. The van der Waals surface area contributed by atoms with Crippen molar-refractivity contribution in [2.45, 2.75) is 38.3 Å². The third kappa shape index (κ3) is 4.86. The van der Waals surface area contributed by atoms with Crippen molar-refractivity contribution in [3.63, 3.8) is 0 Å². The van der Waals surface area contributed by atoms with Crippen LogP contribution in [-0.4, -0.2) is 57.0 Å². The van der Waals surface area contributed by atoms with Crippen LogP contribution in [0.25, 0.3) is 0 Å². The van der Waals surface area contributed by atoms with Crippen LogP contribution in [0.1, 0.15) is 31.2 Å². The highest BCUT2D eigenvalue weighted by Crippen LogP contribution is 2.33. The van der Waals surface area contributed by atoms with Crippen LogP contribution in [0.3, 0.4) is 0 Å². The number of hydrogen-bond donors (Lipinski definition) is 0. The Morgan fingerprint density at radius 1 is 1.28 bits per heavy atom. The molecule has 6 nitrogen and oxygen atoms in total. The SMILES string of the molecule is COc1cccc2c1OCCCN(C(=O)COC[C@@H]1CCCCO1)C2. The fourth-order valence-corrected chi connectivity index (χ4v) is 3.25. The van der Waals surface area contributed by atoms with E-state index in [1.165, 1.54) is 6.42 Å². The van der Waals surface area contributed by atoms with Gasteiger partial charge in [0.2, 0.25) is 5.91 Å². The van der Waals surface area contributed by atoms with Crippen molar-refractivity contribution < 1.29 is 23.7 Å². The Hall–Kier alpha value is -1.79. The molecule has 0 radical (unpaired) electrons. The van der Waals surface area contributed by atoms with Gasteiger partial charge in [-0.1, -0.05) is 12.1 Å². The highest BCUT2D eigenvalue weighted by Gasteiger charge is 2.21. The number of hydrogen-bond acceptors (Lipinski definition) is 5. The summed E-state index contributed by atoms with van der Waals surface area (Å²) >= 11 is 0. The van der Waals surface area contributed by atoms with Crippen LogP contribution in [0.15, 0.2) is 18.2 Å². The first-order chi connectivity index (χ1) is 12.3. The van der Waals surface area contributed by atoms with Crippen molar-refractivity contribution in [3.8, 4) is 11.5 Å². The number of carbonyl (C=O) groups is 1. The van der Waals surface area contributed by atoms with E-state index in [1.54, 1.807) is 7.11 Å². The van der Waals surface area contributed by atoms with Crippen LogP contribution in [0, 0.1) is 0 Å². The molecule has 1 saturated heterocycles. The largest absolute Gasteiger partial charge is 0.493 e. The summed E-state index contributed by atoms with van der Waals surface area (Å²) in [4.78, 5) is 14.4. The number of fused-ring (bicyclic) bond motifs is 1. The maximum Gasteiger partial charge on any atom is 0.248 e. The fourth-order valence-electron chi connectivity index (χ4n) is 3.25. The second kappa shape index (κ2) is 9.06. The Labute approximate surface area is 149 Å². The lowest BCUT2D eigenvalue weighted by molar-refractivity contribution is -0.139. The topological polar surface area (TPSA) is 57.2 Å². The summed E-state index contributed by atoms with van der Waals surface area (Å²) in [6.07, 6.45) is 4.23. The van der Waals surface area contributed by atoms with E-state index >= 15 is 0 Å². The first kappa shape index (κ1) is 18.0. The summed E-state index contributed by atoms with van der Waals surface area (Å²) in [5.74, 6) is 1.45. The van der Waals surface area contributed by atoms with Crippen LogP contribution >= 0.6 is 0 Å². The molecular formula is C19H27NO5. The molecule has 3 rings (SSSR count). The molecule has 2 aliphatic heterocycles. The van der Waals surface area contributed by atoms with Crippen molar-refractivity contribution in [1.82, 2.24) is 4.90 Å². The first-order valence-corrected chi connectivity index (χ1v) is 9.03. The van der Waals surface area contributed by atoms with Gasteiger partial charge in [0.05, 0.1) is 26.4 Å². The third-order valence-corrected chi connectivity index (χ3v) is 4.62. The van der Waals surface area contributed by atoms with Gasteiger partial charge in [-0.05, 0) is 31.7 Å². The molecule has 2 aliphatic rings. The van der Waals surface area contributed by atoms with Crippen LogP contribution in [-0.2, 0) is 20.8 Å². The molecule has 0 aliphatic carbocycles. The second-order valence-electron chi connectivity index (χ2n) is 6.47. The molecule has 0 unspecified atom stereocenters. The van der Waals surface area contributed by atoms with Gasteiger partial charge >= 0.3 is 0 Å². The zero-order valence-corrected chi connectivity index (χ0v) is 14.9. The van der Waals surface area contributed by atoms with Gasteiger partial charge in [-0.25, -0.2) is 0 Å². The lowest BCUT2D eigenvalue weighted by Gasteiger charge is -2.28. The van der Waals surface area contributed by atoms with Crippen molar-refractivity contribution >= 4 is 5.91 Å². The van der Waals surface area contributed by atoms with E-state index in [0.717, 1.165) is 37.2 Å². The number of methoxy groups -OCH3 is 1. The minimum absolute atomic E-state index is 0.00600. The zero-order valence-electron chi connectivity index (χ0n) is 14.9. The van der Waals surface area contributed by atoms with Crippen LogP contribution in [0.5, 0.6) is 11.5 Å². The maximum absolute atomic E-state index is 12.6. The molecule has 1 aromatic carbocycles. The molecule has 2 heterocycles. The number of benzene rings is 1. The fraction of sp³-hybridized carbons (Fsp3) is 0.632. The second-order valence-corrected chi connectivity index (χ2v) is 6.47. The molecular weight excluding hydrogens is 322 g/mol. The molecule has 1 aromatic rings. The smallest absolute Gasteiger partial charge is 0.248 e. The molecule has 0 saturated carbocycles. The summed E-state index contributed by atoms with van der Waals surface area (Å²) in [6.45, 7) is 3.13. The van der Waals surface area contributed by atoms with E-state index in [0.29, 0.717) is 32.1 Å².